The Morgan fingerprint density at radius 3 is 2.80 bits per heavy atom. The molecule has 0 aromatic carbocycles. The van der Waals surface area contributed by atoms with Crippen molar-refractivity contribution in [3.63, 3.8) is 0 Å². The molecule has 1 heterocycles. The molecule has 1 aliphatic rings. The molecule has 2 unspecified atom stereocenters. The van der Waals surface area contributed by atoms with Crippen LogP contribution in [0, 0.1) is 0 Å². The smallest absolute Gasteiger partial charge is 0.242 e. The zero-order valence-electron chi connectivity index (χ0n) is 9.32. The number of likely N-dealkylation sites (tertiary alicyclic amines) is 1. The Labute approximate surface area is 90.0 Å². The summed E-state index contributed by atoms with van der Waals surface area (Å²) in [5, 5.41) is 2.58. The number of carbonyl (C=O) groups excluding carboxylic acids is 2. The number of hydrogen-bond donors (Lipinski definition) is 2. The zero-order chi connectivity index (χ0) is 11.4. The van der Waals surface area contributed by atoms with Crippen molar-refractivity contribution in [3.05, 3.63) is 0 Å². The number of hydrogen-bond acceptors (Lipinski definition) is 3. The van der Waals surface area contributed by atoms with Gasteiger partial charge >= 0.3 is 0 Å². The summed E-state index contributed by atoms with van der Waals surface area (Å²) in [5.74, 6) is -0.201. The zero-order valence-corrected chi connectivity index (χ0v) is 9.32. The Hall–Kier alpha value is -1.10. The van der Waals surface area contributed by atoms with Crippen LogP contribution in [-0.2, 0) is 9.59 Å². The van der Waals surface area contributed by atoms with Crippen LogP contribution in [0.25, 0.3) is 0 Å². The molecule has 5 heteroatoms. The first-order valence-electron chi connectivity index (χ1n) is 5.39. The van der Waals surface area contributed by atoms with Crippen molar-refractivity contribution in [1.29, 1.82) is 0 Å². The van der Waals surface area contributed by atoms with Crippen LogP contribution in [0.1, 0.15) is 26.2 Å². The fraction of sp³-hybridized carbons (Fsp3) is 0.800. The van der Waals surface area contributed by atoms with Gasteiger partial charge in [-0.1, -0.05) is 6.92 Å². The lowest BCUT2D eigenvalue weighted by Gasteiger charge is -2.25. The fourth-order valence-corrected chi connectivity index (χ4v) is 1.86. The molecule has 2 amide bonds. The third-order valence-electron chi connectivity index (χ3n) is 2.84. The third-order valence-corrected chi connectivity index (χ3v) is 2.84. The lowest BCUT2D eigenvalue weighted by atomic mass is 10.1. The second kappa shape index (κ2) is 5.11. The number of nitrogens with one attached hydrogen (secondary N) is 1. The second-order valence-electron chi connectivity index (χ2n) is 3.82. The van der Waals surface area contributed by atoms with E-state index in [9.17, 15) is 9.59 Å². The SMILES string of the molecule is CCC(N)C(=O)N1CCCC1C(=O)NC. The molecule has 0 spiro atoms. The molecule has 0 bridgehead atoms. The minimum atomic E-state index is -0.477. The van der Waals surface area contributed by atoms with Crippen molar-refractivity contribution in [1.82, 2.24) is 10.2 Å². The lowest BCUT2D eigenvalue weighted by molar-refractivity contribution is -0.139. The molecule has 86 valence electrons. The van der Waals surface area contributed by atoms with E-state index in [-0.39, 0.29) is 17.9 Å². The molecule has 1 rings (SSSR count). The summed E-state index contributed by atoms with van der Waals surface area (Å²) in [5.41, 5.74) is 5.68. The quantitative estimate of drug-likeness (QED) is 0.661. The van der Waals surface area contributed by atoms with Crippen LogP contribution < -0.4 is 11.1 Å². The predicted octanol–water partition coefficient (Wildman–Crippen LogP) is -0.539. The molecule has 2 atom stereocenters. The number of carbonyl (C=O) groups is 2. The molecule has 3 N–H and O–H groups in total. The van der Waals surface area contributed by atoms with Gasteiger partial charge in [0, 0.05) is 13.6 Å². The maximum Gasteiger partial charge on any atom is 0.242 e. The molecular weight excluding hydrogens is 194 g/mol. The first-order valence-corrected chi connectivity index (χ1v) is 5.39. The van der Waals surface area contributed by atoms with Crippen LogP contribution in [0.4, 0.5) is 0 Å². The Balaban J connectivity index is 2.68. The van der Waals surface area contributed by atoms with Crippen LogP contribution in [0.5, 0.6) is 0 Å². The topological polar surface area (TPSA) is 75.4 Å². The van der Waals surface area contributed by atoms with Gasteiger partial charge in [-0.3, -0.25) is 9.59 Å². The minimum absolute atomic E-state index is 0.0934. The van der Waals surface area contributed by atoms with Gasteiger partial charge in [-0.05, 0) is 19.3 Å². The number of likely N-dealkylation sites (N-methyl/N-ethyl adjacent to an activating group) is 1. The van der Waals surface area contributed by atoms with E-state index in [1.165, 1.54) is 0 Å². The molecule has 0 saturated carbocycles. The molecule has 1 fully saturated rings. The Kier molecular flexibility index (Phi) is 4.08. The average molecular weight is 213 g/mol. The summed E-state index contributed by atoms with van der Waals surface area (Å²) in [4.78, 5) is 24.9. The maximum atomic E-state index is 11.8. The monoisotopic (exact) mass is 213 g/mol. The molecule has 0 aromatic rings. The Morgan fingerprint density at radius 1 is 1.60 bits per heavy atom. The number of nitrogens with zero attached hydrogens (tertiary/aromatic N) is 1. The number of amides is 2. The van der Waals surface area contributed by atoms with Gasteiger partial charge in [-0.2, -0.15) is 0 Å². The fourth-order valence-electron chi connectivity index (χ4n) is 1.86. The molecule has 5 nitrogen and oxygen atoms in total. The van der Waals surface area contributed by atoms with E-state index in [2.05, 4.69) is 5.32 Å². The summed E-state index contributed by atoms with van der Waals surface area (Å²) in [6, 6.07) is -0.796. The lowest BCUT2D eigenvalue weighted by Crippen LogP contribution is -2.50. The summed E-state index contributed by atoms with van der Waals surface area (Å²) in [6.45, 7) is 2.51. The van der Waals surface area contributed by atoms with Crippen LogP contribution >= 0.6 is 0 Å². The van der Waals surface area contributed by atoms with Crippen molar-refractivity contribution in [2.24, 2.45) is 5.73 Å². The van der Waals surface area contributed by atoms with Gasteiger partial charge in [0.2, 0.25) is 11.8 Å². The van der Waals surface area contributed by atoms with Crippen molar-refractivity contribution in [2.45, 2.75) is 38.3 Å². The standard InChI is InChI=1S/C10H19N3O2/c1-3-7(11)10(15)13-6-4-5-8(13)9(14)12-2/h7-8H,3-6,11H2,1-2H3,(H,12,14). The van der Waals surface area contributed by atoms with E-state index in [1.807, 2.05) is 6.92 Å². The van der Waals surface area contributed by atoms with Gasteiger partial charge in [0.1, 0.15) is 6.04 Å². The predicted molar refractivity (Wildman–Crippen MR) is 57.1 cm³/mol. The highest BCUT2D eigenvalue weighted by Crippen LogP contribution is 2.18. The number of rotatable bonds is 3. The normalized spacial score (nSPS) is 22.6. The Morgan fingerprint density at radius 2 is 2.27 bits per heavy atom. The van der Waals surface area contributed by atoms with Crippen molar-refractivity contribution >= 4 is 11.8 Å². The molecule has 1 aliphatic heterocycles. The van der Waals surface area contributed by atoms with E-state index in [0.717, 1.165) is 12.8 Å². The summed E-state index contributed by atoms with van der Waals surface area (Å²) >= 11 is 0. The van der Waals surface area contributed by atoms with Crippen molar-refractivity contribution in [2.75, 3.05) is 13.6 Å². The summed E-state index contributed by atoms with van der Waals surface area (Å²) in [7, 11) is 1.59. The van der Waals surface area contributed by atoms with Crippen LogP contribution in [0.3, 0.4) is 0 Å². The molecule has 15 heavy (non-hydrogen) atoms. The molecule has 0 radical (unpaired) electrons. The Bertz CT molecular complexity index is 255. The van der Waals surface area contributed by atoms with Gasteiger partial charge in [0.05, 0.1) is 6.04 Å². The highest BCUT2D eigenvalue weighted by Gasteiger charge is 2.34. The molecule has 0 aliphatic carbocycles. The largest absolute Gasteiger partial charge is 0.357 e. The molecular formula is C10H19N3O2. The summed E-state index contributed by atoms with van der Waals surface area (Å²) < 4.78 is 0. The van der Waals surface area contributed by atoms with E-state index >= 15 is 0 Å². The first kappa shape index (κ1) is 12.0. The van der Waals surface area contributed by atoms with Crippen molar-refractivity contribution in [3.8, 4) is 0 Å². The van der Waals surface area contributed by atoms with Crippen molar-refractivity contribution < 1.29 is 9.59 Å². The van der Waals surface area contributed by atoms with Crippen LogP contribution in [0.2, 0.25) is 0 Å². The van der Waals surface area contributed by atoms with Crippen LogP contribution in [0.15, 0.2) is 0 Å². The highest BCUT2D eigenvalue weighted by atomic mass is 16.2. The van der Waals surface area contributed by atoms with E-state index in [0.29, 0.717) is 13.0 Å². The van der Waals surface area contributed by atoms with Crippen LogP contribution in [-0.4, -0.2) is 42.4 Å². The second-order valence-corrected chi connectivity index (χ2v) is 3.82. The number of nitrogens with two attached hydrogens (primary N) is 1. The van der Waals surface area contributed by atoms with Gasteiger partial charge < -0.3 is 16.0 Å². The van der Waals surface area contributed by atoms with E-state index in [1.54, 1.807) is 11.9 Å². The van der Waals surface area contributed by atoms with E-state index < -0.39 is 6.04 Å². The van der Waals surface area contributed by atoms with E-state index in [4.69, 9.17) is 5.73 Å². The summed E-state index contributed by atoms with van der Waals surface area (Å²) in [6.07, 6.45) is 2.22. The van der Waals surface area contributed by atoms with Gasteiger partial charge in [0.15, 0.2) is 0 Å². The van der Waals surface area contributed by atoms with Gasteiger partial charge in [0.25, 0.3) is 0 Å². The molecule has 1 saturated heterocycles. The van der Waals surface area contributed by atoms with Gasteiger partial charge in [-0.25, -0.2) is 0 Å². The highest BCUT2D eigenvalue weighted by molar-refractivity contribution is 5.90. The molecule has 0 aromatic heterocycles. The average Bonchev–Trinajstić information content (AvgIpc) is 2.74. The van der Waals surface area contributed by atoms with Gasteiger partial charge in [-0.15, -0.1) is 0 Å². The first-order chi connectivity index (χ1) is 7.11. The third kappa shape index (κ3) is 2.47. The minimum Gasteiger partial charge on any atom is -0.357 e. The maximum absolute atomic E-state index is 11.8.